The lowest BCUT2D eigenvalue weighted by molar-refractivity contribution is -0.157. The number of hydrogen-bond donors (Lipinski definition) is 2. The summed E-state index contributed by atoms with van der Waals surface area (Å²) in [5.41, 5.74) is 1.33. The van der Waals surface area contributed by atoms with E-state index in [1.165, 1.54) is 12.5 Å². The maximum Gasteiger partial charge on any atom is 0.327 e. The number of ether oxygens (including phenoxy) is 1. The summed E-state index contributed by atoms with van der Waals surface area (Å²) in [5.74, 6) is -1.64. The molecule has 1 aliphatic carbocycles. The van der Waals surface area contributed by atoms with Crippen LogP contribution in [0.2, 0.25) is 0 Å². The lowest BCUT2D eigenvalue weighted by Crippen LogP contribution is -2.46. The van der Waals surface area contributed by atoms with E-state index in [0.717, 1.165) is 29.7 Å². The summed E-state index contributed by atoms with van der Waals surface area (Å²) < 4.78 is 5.21. The fourth-order valence-corrected chi connectivity index (χ4v) is 4.16. The Hall–Kier alpha value is -2.90. The molecule has 2 atom stereocenters. The Labute approximate surface area is 176 Å². The third-order valence-electron chi connectivity index (χ3n) is 6.10. The Balaban J connectivity index is 1.57. The summed E-state index contributed by atoms with van der Waals surface area (Å²) in [6.07, 6.45) is 2.61. The van der Waals surface area contributed by atoms with Crippen LogP contribution in [-0.4, -0.2) is 46.9 Å². The van der Waals surface area contributed by atoms with Crippen LogP contribution in [0.5, 0.6) is 0 Å². The molecule has 8 nitrogen and oxygen atoms in total. The van der Waals surface area contributed by atoms with Gasteiger partial charge in [0.2, 0.25) is 0 Å². The first kappa shape index (κ1) is 21.8. The van der Waals surface area contributed by atoms with Crippen LogP contribution in [0.3, 0.4) is 0 Å². The Bertz CT molecular complexity index is 849. The monoisotopic (exact) mass is 415 g/mol. The molecule has 1 fully saturated rings. The lowest BCUT2D eigenvalue weighted by Gasteiger charge is -2.27. The number of aryl methyl sites for hydroxylation is 1. The number of nitrogens with zero attached hydrogens (tertiary/aromatic N) is 1. The quantitative estimate of drug-likeness (QED) is 0.525. The molecule has 1 aromatic rings. The largest absolute Gasteiger partial charge is 0.451 e. The second-order valence-corrected chi connectivity index (χ2v) is 7.89. The van der Waals surface area contributed by atoms with E-state index in [1.54, 1.807) is 13.8 Å². The molecule has 0 unspecified atom stereocenters. The highest BCUT2D eigenvalue weighted by Crippen LogP contribution is 2.29. The van der Waals surface area contributed by atoms with Crippen molar-refractivity contribution in [3.8, 4) is 0 Å². The van der Waals surface area contributed by atoms with Crippen molar-refractivity contribution in [3.63, 3.8) is 0 Å². The van der Waals surface area contributed by atoms with Gasteiger partial charge in [-0.2, -0.15) is 0 Å². The first-order valence-corrected chi connectivity index (χ1v) is 10.5. The number of urea groups is 1. The van der Waals surface area contributed by atoms with E-state index in [-0.39, 0.29) is 6.04 Å². The highest BCUT2D eigenvalue weighted by Gasteiger charge is 2.49. The van der Waals surface area contributed by atoms with Gasteiger partial charge in [-0.25, -0.2) is 4.79 Å². The van der Waals surface area contributed by atoms with Crippen LogP contribution >= 0.6 is 0 Å². The van der Waals surface area contributed by atoms with Crippen LogP contribution in [0.4, 0.5) is 4.79 Å². The zero-order valence-electron chi connectivity index (χ0n) is 17.7. The maximum absolute atomic E-state index is 12.6. The van der Waals surface area contributed by atoms with Crippen LogP contribution in [-0.2, 0) is 25.5 Å². The minimum atomic E-state index is -1.03. The molecule has 3 rings (SSSR count). The maximum atomic E-state index is 12.6. The number of benzene rings is 1. The normalized spacial score (nSPS) is 20.9. The predicted molar refractivity (Wildman–Crippen MR) is 109 cm³/mol. The number of imide groups is 1. The van der Waals surface area contributed by atoms with E-state index in [1.807, 2.05) is 18.2 Å². The number of nitrogens with one attached hydrogen (secondary N) is 2. The molecule has 0 radical (unpaired) electrons. The van der Waals surface area contributed by atoms with E-state index in [0.29, 0.717) is 12.8 Å². The molecular formula is C22H29N3O5. The fourth-order valence-electron chi connectivity index (χ4n) is 4.16. The first-order valence-electron chi connectivity index (χ1n) is 10.5. The summed E-state index contributed by atoms with van der Waals surface area (Å²) in [6, 6.07) is 7.25. The van der Waals surface area contributed by atoms with Gasteiger partial charge in [0.15, 0.2) is 6.10 Å². The molecule has 0 aromatic heterocycles. The van der Waals surface area contributed by atoms with Gasteiger partial charge in [-0.15, -0.1) is 0 Å². The van der Waals surface area contributed by atoms with Gasteiger partial charge in [0.1, 0.15) is 12.1 Å². The SMILES string of the molecule is CCC1(CC)NC(=O)N(CC(=O)O[C@@H](C)C(=O)N[C@@H]2CCCc3ccccc32)C1=O. The molecule has 0 saturated carbocycles. The zero-order valence-corrected chi connectivity index (χ0v) is 17.7. The van der Waals surface area contributed by atoms with E-state index >= 15 is 0 Å². The highest BCUT2D eigenvalue weighted by atomic mass is 16.5. The van der Waals surface area contributed by atoms with Gasteiger partial charge in [-0.05, 0) is 50.2 Å². The summed E-state index contributed by atoms with van der Waals surface area (Å²) in [6.45, 7) is 4.57. The third-order valence-corrected chi connectivity index (χ3v) is 6.10. The van der Waals surface area contributed by atoms with Crippen molar-refractivity contribution in [2.24, 2.45) is 0 Å². The van der Waals surface area contributed by atoms with Crippen LogP contribution in [0.1, 0.15) is 63.6 Å². The molecule has 4 amide bonds. The van der Waals surface area contributed by atoms with E-state index in [2.05, 4.69) is 16.7 Å². The van der Waals surface area contributed by atoms with Gasteiger partial charge < -0.3 is 15.4 Å². The van der Waals surface area contributed by atoms with Crippen molar-refractivity contribution in [2.75, 3.05) is 6.54 Å². The molecule has 30 heavy (non-hydrogen) atoms. The average Bonchev–Trinajstić information content (AvgIpc) is 2.98. The molecule has 8 heteroatoms. The van der Waals surface area contributed by atoms with Crippen LogP contribution in [0.25, 0.3) is 0 Å². The van der Waals surface area contributed by atoms with Crippen molar-refractivity contribution in [1.29, 1.82) is 0 Å². The molecule has 2 N–H and O–H groups in total. The molecule has 1 heterocycles. The second kappa shape index (κ2) is 8.85. The molecule has 1 saturated heterocycles. The molecule has 0 spiro atoms. The highest BCUT2D eigenvalue weighted by molar-refractivity contribution is 6.08. The summed E-state index contributed by atoms with van der Waals surface area (Å²) in [7, 11) is 0. The van der Waals surface area contributed by atoms with Crippen LogP contribution < -0.4 is 10.6 Å². The van der Waals surface area contributed by atoms with Crippen molar-refractivity contribution in [2.45, 2.75) is 70.6 Å². The van der Waals surface area contributed by atoms with Crippen LogP contribution in [0, 0.1) is 0 Å². The van der Waals surface area contributed by atoms with Crippen molar-refractivity contribution >= 4 is 23.8 Å². The molecule has 1 aromatic carbocycles. The number of carbonyl (C=O) groups is 4. The smallest absolute Gasteiger partial charge is 0.327 e. The van der Waals surface area contributed by atoms with Gasteiger partial charge >= 0.3 is 12.0 Å². The topological polar surface area (TPSA) is 105 Å². The minimum absolute atomic E-state index is 0.121. The Kier molecular flexibility index (Phi) is 6.43. The van der Waals surface area contributed by atoms with E-state index < -0.39 is 42.0 Å². The summed E-state index contributed by atoms with van der Waals surface area (Å²) in [5, 5.41) is 5.61. The standard InChI is InChI=1S/C22H29N3O5/c1-4-22(5-2)20(28)25(21(29)24-22)13-18(26)30-14(3)19(27)23-17-12-8-10-15-9-6-7-11-16(15)17/h6-7,9,11,14,17H,4-5,8,10,12-13H2,1-3H3,(H,23,27)(H,24,29)/t14-,17+/m0/s1. The van der Waals surface area contributed by atoms with Gasteiger partial charge in [0.05, 0.1) is 6.04 Å². The van der Waals surface area contributed by atoms with Gasteiger partial charge in [0, 0.05) is 0 Å². The fraction of sp³-hybridized carbons (Fsp3) is 0.545. The van der Waals surface area contributed by atoms with Crippen molar-refractivity contribution in [1.82, 2.24) is 15.5 Å². The first-order chi connectivity index (χ1) is 14.3. The number of esters is 1. The van der Waals surface area contributed by atoms with Crippen molar-refractivity contribution in [3.05, 3.63) is 35.4 Å². The Morgan fingerprint density at radius 2 is 1.97 bits per heavy atom. The number of amides is 4. The molecular weight excluding hydrogens is 386 g/mol. The summed E-state index contributed by atoms with van der Waals surface area (Å²) in [4.78, 5) is 50.5. The number of hydrogen-bond acceptors (Lipinski definition) is 5. The Morgan fingerprint density at radius 1 is 1.27 bits per heavy atom. The van der Waals surface area contributed by atoms with Gasteiger partial charge in [-0.1, -0.05) is 38.1 Å². The molecule has 1 aliphatic heterocycles. The molecule has 2 aliphatic rings. The van der Waals surface area contributed by atoms with E-state index in [4.69, 9.17) is 4.74 Å². The average molecular weight is 415 g/mol. The Morgan fingerprint density at radius 3 is 2.63 bits per heavy atom. The number of rotatable bonds is 7. The molecule has 0 bridgehead atoms. The minimum Gasteiger partial charge on any atom is -0.451 e. The number of fused-ring (bicyclic) bond motifs is 1. The summed E-state index contributed by atoms with van der Waals surface area (Å²) >= 11 is 0. The third kappa shape index (κ3) is 4.17. The number of carbonyl (C=O) groups excluding carboxylic acids is 4. The predicted octanol–water partition coefficient (Wildman–Crippen LogP) is 2.22. The lowest BCUT2D eigenvalue weighted by atomic mass is 9.87. The van der Waals surface area contributed by atoms with Gasteiger partial charge in [0.25, 0.3) is 11.8 Å². The second-order valence-electron chi connectivity index (χ2n) is 7.89. The van der Waals surface area contributed by atoms with Gasteiger partial charge in [-0.3, -0.25) is 19.3 Å². The van der Waals surface area contributed by atoms with E-state index in [9.17, 15) is 19.2 Å². The zero-order chi connectivity index (χ0) is 21.9. The molecule has 162 valence electrons. The van der Waals surface area contributed by atoms with Crippen LogP contribution in [0.15, 0.2) is 24.3 Å². The van der Waals surface area contributed by atoms with Crippen molar-refractivity contribution < 1.29 is 23.9 Å².